The van der Waals surface area contributed by atoms with Crippen LogP contribution < -0.4 is 0 Å². The van der Waals surface area contributed by atoms with Crippen LogP contribution in [0.1, 0.15) is 142 Å². The third kappa shape index (κ3) is 44.8. The van der Waals surface area contributed by atoms with Crippen molar-refractivity contribution in [3.63, 3.8) is 0 Å². The number of unbranched alkanes of at least 4 members (excludes halogenated alkanes) is 18. The van der Waals surface area contributed by atoms with Gasteiger partial charge in [0.25, 0.3) is 0 Å². The summed E-state index contributed by atoms with van der Waals surface area (Å²) in [6.07, 6.45) is 23.4. The van der Waals surface area contributed by atoms with Crippen LogP contribution in [0.25, 0.3) is 0 Å². The van der Waals surface area contributed by atoms with Gasteiger partial charge in [0.05, 0.1) is 13.2 Å². The molecule has 0 radical (unpaired) electrons. The van der Waals surface area contributed by atoms with Crippen molar-refractivity contribution in [3.8, 4) is 0 Å². The molecular formula is C24H50O8PdS2. The third-order valence-corrected chi connectivity index (χ3v) is 6.36. The minimum atomic E-state index is -4.48. The van der Waals surface area contributed by atoms with Gasteiger partial charge in [0.1, 0.15) is 0 Å². The van der Waals surface area contributed by atoms with Crippen molar-refractivity contribution < 1.29 is 54.7 Å². The molecule has 0 aromatic heterocycles. The summed E-state index contributed by atoms with van der Waals surface area (Å²) in [5, 5.41) is 0. The summed E-state index contributed by atoms with van der Waals surface area (Å²) in [6, 6.07) is 0. The standard InChI is InChI=1S/2C12H26O4S.Pd/c2*1-2-3-4-5-6-7-8-9-10-11-12-16-17(13,14)15;/h2*2-12H2,1H3,(H,13,14,15);/q;;+2/p-2. The quantitative estimate of drug-likeness (QED) is 0.0491. The molecule has 0 saturated carbocycles. The van der Waals surface area contributed by atoms with E-state index >= 15 is 0 Å². The van der Waals surface area contributed by atoms with Crippen LogP contribution in [0, 0.1) is 0 Å². The summed E-state index contributed by atoms with van der Waals surface area (Å²) < 4.78 is 68.9. The predicted octanol–water partition coefficient (Wildman–Crippen LogP) is 6.77. The molecule has 0 saturated heterocycles. The van der Waals surface area contributed by atoms with E-state index in [1.807, 2.05) is 0 Å². The molecule has 0 aliphatic carbocycles. The molecule has 0 aromatic carbocycles. The van der Waals surface area contributed by atoms with Gasteiger partial charge in [0.2, 0.25) is 20.8 Å². The smallest absolute Gasteiger partial charge is 0.726 e. The molecule has 8 nitrogen and oxygen atoms in total. The van der Waals surface area contributed by atoms with Gasteiger partial charge in [-0.3, -0.25) is 8.37 Å². The molecule has 0 amide bonds. The van der Waals surface area contributed by atoms with Gasteiger partial charge in [-0.15, -0.1) is 0 Å². The monoisotopic (exact) mass is 636 g/mol. The van der Waals surface area contributed by atoms with Crippen LogP contribution in [-0.4, -0.2) is 39.2 Å². The molecule has 0 heterocycles. The van der Waals surface area contributed by atoms with Crippen LogP contribution in [0.4, 0.5) is 0 Å². The summed E-state index contributed by atoms with van der Waals surface area (Å²) in [4.78, 5) is 0. The SMILES string of the molecule is CCCCCCCCCCCCOS(=O)(=O)[O-].CCCCCCCCCCCCOS(=O)(=O)[O-].[Pd+2]. The van der Waals surface area contributed by atoms with E-state index in [1.165, 1.54) is 89.9 Å². The van der Waals surface area contributed by atoms with Crippen LogP contribution in [0.5, 0.6) is 0 Å². The molecule has 0 unspecified atom stereocenters. The van der Waals surface area contributed by atoms with Crippen LogP contribution in [-0.2, 0) is 49.6 Å². The van der Waals surface area contributed by atoms with E-state index in [-0.39, 0.29) is 33.6 Å². The molecule has 0 fully saturated rings. The zero-order chi connectivity index (χ0) is 26.0. The molecule has 11 heteroatoms. The Morgan fingerprint density at radius 2 is 0.629 bits per heavy atom. The molecule has 0 aliphatic heterocycles. The second-order valence-corrected chi connectivity index (χ2v) is 10.9. The molecule has 0 spiro atoms. The molecule has 0 bridgehead atoms. The third-order valence-electron chi connectivity index (χ3n) is 5.45. The van der Waals surface area contributed by atoms with Crippen molar-refractivity contribution in [1.29, 1.82) is 0 Å². The van der Waals surface area contributed by atoms with Crippen LogP contribution >= 0.6 is 0 Å². The van der Waals surface area contributed by atoms with Gasteiger partial charge >= 0.3 is 20.4 Å². The molecule has 0 aromatic rings. The summed E-state index contributed by atoms with van der Waals surface area (Å²) in [7, 11) is -8.97. The molecule has 35 heavy (non-hydrogen) atoms. The second-order valence-electron chi connectivity index (χ2n) is 8.82. The number of rotatable bonds is 24. The van der Waals surface area contributed by atoms with E-state index in [4.69, 9.17) is 0 Å². The molecule has 0 rings (SSSR count). The van der Waals surface area contributed by atoms with Crippen LogP contribution in [0.2, 0.25) is 0 Å². The van der Waals surface area contributed by atoms with E-state index in [0.717, 1.165) is 25.7 Å². The van der Waals surface area contributed by atoms with Crippen LogP contribution in [0.15, 0.2) is 0 Å². The fraction of sp³-hybridized carbons (Fsp3) is 1.00. The van der Waals surface area contributed by atoms with Gasteiger partial charge in [-0.05, 0) is 12.8 Å². The summed E-state index contributed by atoms with van der Waals surface area (Å²) in [5.41, 5.74) is 0. The first-order chi connectivity index (χ1) is 16.1. The molecular weight excluding hydrogens is 587 g/mol. The fourth-order valence-electron chi connectivity index (χ4n) is 3.50. The minimum Gasteiger partial charge on any atom is -0.726 e. The average Bonchev–Trinajstić information content (AvgIpc) is 2.75. The van der Waals surface area contributed by atoms with Crippen molar-refractivity contribution >= 4 is 20.8 Å². The molecule has 0 N–H and O–H groups in total. The first kappa shape index (κ1) is 39.9. The van der Waals surface area contributed by atoms with Crippen molar-refractivity contribution in [2.75, 3.05) is 13.2 Å². The topological polar surface area (TPSA) is 133 Å². The molecule has 0 atom stereocenters. The fourth-order valence-corrected chi connectivity index (χ4v) is 4.14. The van der Waals surface area contributed by atoms with Gasteiger partial charge in [-0.2, -0.15) is 0 Å². The van der Waals surface area contributed by atoms with Crippen molar-refractivity contribution in [3.05, 3.63) is 0 Å². The first-order valence-corrected chi connectivity index (χ1v) is 16.0. The van der Waals surface area contributed by atoms with E-state index in [2.05, 4.69) is 22.2 Å². The van der Waals surface area contributed by atoms with Gasteiger partial charge in [0.15, 0.2) is 0 Å². The average molecular weight is 637 g/mol. The first-order valence-electron chi connectivity index (χ1n) is 13.3. The molecule has 216 valence electrons. The Bertz CT molecular complexity index is 559. The predicted molar refractivity (Wildman–Crippen MR) is 135 cm³/mol. The van der Waals surface area contributed by atoms with E-state index < -0.39 is 20.8 Å². The van der Waals surface area contributed by atoms with Gasteiger partial charge in [-0.25, -0.2) is 16.8 Å². The molecule has 0 aliphatic rings. The van der Waals surface area contributed by atoms with E-state index in [0.29, 0.717) is 12.8 Å². The minimum absolute atomic E-state index is 0. The van der Waals surface area contributed by atoms with Crippen molar-refractivity contribution in [2.45, 2.75) is 142 Å². The summed E-state index contributed by atoms with van der Waals surface area (Å²) >= 11 is 0. The van der Waals surface area contributed by atoms with E-state index in [9.17, 15) is 25.9 Å². The van der Waals surface area contributed by atoms with Gasteiger partial charge < -0.3 is 9.11 Å². The Kier molecular flexibility index (Phi) is 33.0. The largest absolute Gasteiger partial charge is 2.00 e. The number of hydrogen-bond donors (Lipinski definition) is 0. The number of hydrogen-bond acceptors (Lipinski definition) is 8. The Labute approximate surface area is 230 Å². The van der Waals surface area contributed by atoms with Gasteiger partial charge in [-0.1, -0.05) is 129 Å². The Balaban J connectivity index is -0.000000569. The van der Waals surface area contributed by atoms with Crippen molar-refractivity contribution in [1.82, 2.24) is 0 Å². The Hall–Kier alpha value is 0.402. The zero-order valence-electron chi connectivity index (χ0n) is 22.0. The van der Waals surface area contributed by atoms with Gasteiger partial charge in [0, 0.05) is 0 Å². The summed E-state index contributed by atoms with van der Waals surface area (Å²) in [5.74, 6) is 0. The van der Waals surface area contributed by atoms with E-state index in [1.54, 1.807) is 0 Å². The maximum atomic E-state index is 10.1. The van der Waals surface area contributed by atoms with Crippen molar-refractivity contribution in [2.24, 2.45) is 0 Å². The maximum Gasteiger partial charge on any atom is 2.00 e. The summed E-state index contributed by atoms with van der Waals surface area (Å²) in [6.45, 7) is 4.49. The van der Waals surface area contributed by atoms with Crippen LogP contribution in [0.3, 0.4) is 0 Å². The maximum absolute atomic E-state index is 10.1. The zero-order valence-corrected chi connectivity index (χ0v) is 25.1. The normalized spacial score (nSPS) is 11.5. The second kappa shape index (κ2) is 29.0. The Morgan fingerprint density at radius 1 is 0.429 bits per heavy atom. The Morgan fingerprint density at radius 3 is 0.829 bits per heavy atom.